The van der Waals surface area contributed by atoms with E-state index in [9.17, 15) is 14.7 Å². The van der Waals surface area contributed by atoms with Crippen LogP contribution in [-0.2, 0) is 20.7 Å². The molecule has 1 amide bonds. The Morgan fingerprint density at radius 1 is 1.11 bits per heavy atom. The zero-order valence-electron chi connectivity index (χ0n) is 16.0. The number of hydrogen-bond acceptors (Lipinski definition) is 6. The quantitative estimate of drug-likeness (QED) is 0.670. The number of amides is 1. The molecule has 2 N–H and O–H groups in total. The van der Waals surface area contributed by atoms with Crippen LogP contribution in [0.2, 0.25) is 0 Å². The summed E-state index contributed by atoms with van der Waals surface area (Å²) in [6.07, 6.45) is 1.43. The molecule has 0 saturated carbocycles. The van der Waals surface area contributed by atoms with Gasteiger partial charge in [-0.3, -0.25) is 9.59 Å². The fraction of sp³-hybridized carbons (Fsp3) is 0.579. The molecule has 27 heavy (non-hydrogen) atoms. The number of ether oxygens (including phenoxy) is 4. The van der Waals surface area contributed by atoms with Crippen LogP contribution in [0, 0.1) is 5.41 Å². The lowest BCUT2D eigenvalue weighted by molar-refractivity contribution is -0.154. The third-order valence-electron chi connectivity index (χ3n) is 4.93. The Kier molecular flexibility index (Phi) is 7.29. The number of nitrogens with one attached hydrogen (secondary N) is 1. The Morgan fingerprint density at radius 2 is 1.78 bits per heavy atom. The molecule has 0 bridgehead atoms. The summed E-state index contributed by atoms with van der Waals surface area (Å²) in [5.74, 6) is 0.443. The van der Waals surface area contributed by atoms with E-state index in [1.165, 1.54) is 14.2 Å². The van der Waals surface area contributed by atoms with Crippen LogP contribution in [0.1, 0.15) is 24.8 Å². The highest BCUT2D eigenvalue weighted by molar-refractivity contribution is 5.79. The summed E-state index contributed by atoms with van der Waals surface area (Å²) >= 11 is 0. The van der Waals surface area contributed by atoms with Crippen LogP contribution >= 0.6 is 0 Å². The second-order valence-corrected chi connectivity index (χ2v) is 6.47. The topological polar surface area (TPSA) is 103 Å². The minimum Gasteiger partial charge on any atom is -0.493 e. The van der Waals surface area contributed by atoms with E-state index in [0.29, 0.717) is 49.7 Å². The van der Waals surface area contributed by atoms with Gasteiger partial charge in [-0.2, -0.15) is 0 Å². The van der Waals surface area contributed by atoms with Crippen LogP contribution in [0.3, 0.4) is 0 Å². The van der Waals surface area contributed by atoms with Crippen molar-refractivity contribution in [2.75, 3.05) is 41.1 Å². The van der Waals surface area contributed by atoms with Crippen LogP contribution in [-0.4, -0.2) is 58.1 Å². The fourth-order valence-corrected chi connectivity index (χ4v) is 3.19. The molecule has 0 aliphatic carbocycles. The predicted molar refractivity (Wildman–Crippen MR) is 97.6 cm³/mol. The number of methoxy groups -OCH3 is 3. The van der Waals surface area contributed by atoms with Gasteiger partial charge in [0.25, 0.3) is 0 Å². The van der Waals surface area contributed by atoms with Crippen LogP contribution in [0.25, 0.3) is 0 Å². The van der Waals surface area contributed by atoms with Gasteiger partial charge < -0.3 is 29.4 Å². The molecule has 0 unspecified atom stereocenters. The van der Waals surface area contributed by atoms with Crippen molar-refractivity contribution < 1.29 is 33.6 Å². The largest absolute Gasteiger partial charge is 0.493 e. The molecule has 0 aromatic heterocycles. The fourth-order valence-electron chi connectivity index (χ4n) is 3.19. The van der Waals surface area contributed by atoms with E-state index in [2.05, 4.69) is 5.32 Å². The summed E-state index contributed by atoms with van der Waals surface area (Å²) in [4.78, 5) is 23.9. The van der Waals surface area contributed by atoms with E-state index in [1.54, 1.807) is 13.2 Å². The number of carboxylic acids is 1. The van der Waals surface area contributed by atoms with Crippen molar-refractivity contribution in [2.45, 2.75) is 25.7 Å². The highest BCUT2D eigenvalue weighted by Gasteiger charge is 2.40. The number of benzene rings is 1. The molecule has 0 radical (unpaired) electrons. The van der Waals surface area contributed by atoms with E-state index < -0.39 is 11.4 Å². The van der Waals surface area contributed by atoms with E-state index in [4.69, 9.17) is 18.9 Å². The molecule has 150 valence electrons. The molecule has 1 saturated heterocycles. The van der Waals surface area contributed by atoms with Gasteiger partial charge in [0.15, 0.2) is 11.5 Å². The Bertz CT molecular complexity index is 668. The maximum atomic E-state index is 12.3. The Labute approximate surface area is 158 Å². The maximum absolute atomic E-state index is 12.3. The predicted octanol–water partition coefficient (Wildman–Crippen LogP) is 1.64. The van der Waals surface area contributed by atoms with Crippen molar-refractivity contribution >= 4 is 11.9 Å². The summed E-state index contributed by atoms with van der Waals surface area (Å²) in [5.41, 5.74) is -0.140. The number of carboxylic acid groups (broad SMARTS) is 1. The van der Waals surface area contributed by atoms with Crippen LogP contribution in [0.5, 0.6) is 17.2 Å². The minimum absolute atomic E-state index is 0.105. The van der Waals surface area contributed by atoms with E-state index >= 15 is 0 Å². The van der Waals surface area contributed by atoms with Crippen molar-refractivity contribution in [3.05, 3.63) is 17.7 Å². The molecule has 8 nitrogen and oxygen atoms in total. The molecule has 8 heteroatoms. The number of hydrogen-bond donors (Lipinski definition) is 2. The molecular formula is C19H27NO7. The van der Waals surface area contributed by atoms with Crippen LogP contribution in [0.15, 0.2) is 12.1 Å². The number of carbonyl (C=O) groups excluding carboxylic acids is 1. The van der Waals surface area contributed by atoms with Crippen LogP contribution in [0.4, 0.5) is 0 Å². The molecule has 1 aromatic rings. The van der Waals surface area contributed by atoms with Gasteiger partial charge in [-0.1, -0.05) is 6.07 Å². The molecule has 1 heterocycles. The number of aryl methyl sites for hydroxylation is 1. The van der Waals surface area contributed by atoms with Gasteiger partial charge in [-0.05, 0) is 30.9 Å². The molecule has 1 fully saturated rings. The summed E-state index contributed by atoms with van der Waals surface area (Å²) in [5, 5.41) is 12.3. The third-order valence-corrected chi connectivity index (χ3v) is 4.93. The number of rotatable bonds is 9. The molecule has 2 rings (SSSR count). The molecule has 1 aliphatic rings. The average molecular weight is 381 g/mol. The van der Waals surface area contributed by atoms with E-state index in [0.717, 1.165) is 5.56 Å². The van der Waals surface area contributed by atoms with E-state index in [1.807, 2.05) is 6.07 Å². The molecule has 1 aromatic carbocycles. The first-order chi connectivity index (χ1) is 13.0. The summed E-state index contributed by atoms with van der Waals surface area (Å²) in [6, 6.07) is 3.58. The zero-order valence-corrected chi connectivity index (χ0v) is 16.0. The van der Waals surface area contributed by atoms with Gasteiger partial charge in [0.05, 0.1) is 26.7 Å². The first kappa shape index (κ1) is 20.8. The first-order valence-corrected chi connectivity index (χ1v) is 8.83. The smallest absolute Gasteiger partial charge is 0.311 e. The van der Waals surface area contributed by atoms with E-state index in [-0.39, 0.29) is 18.9 Å². The standard InChI is InChI=1S/C19H27NO7/c1-24-14-6-4-13(16(25-2)17(14)26-3)5-7-15(21)20-12-19(18(22)23)8-10-27-11-9-19/h4,6H,5,7-12H2,1-3H3,(H,20,21)(H,22,23). The van der Waals surface area contributed by atoms with Crippen LogP contribution < -0.4 is 19.5 Å². The van der Waals surface area contributed by atoms with Crippen molar-refractivity contribution in [1.82, 2.24) is 5.32 Å². The minimum atomic E-state index is -0.949. The van der Waals surface area contributed by atoms with Gasteiger partial charge in [-0.15, -0.1) is 0 Å². The van der Waals surface area contributed by atoms with Crippen molar-refractivity contribution in [2.24, 2.45) is 5.41 Å². The van der Waals surface area contributed by atoms with Gasteiger partial charge in [0, 0.05) is 26.2 Å². The molecule has 1 aliphatic heterocycles. The van der Waals surface area contributed by atoms with Crippen molar-refractivity contribution in [3.63, 3.8) is 0 Å². The Morgan fingerprint density at radius 3 is 2.33 bits per heavy atom. The SMILES string of the molecule is COc1ccc(CCC(=O)NCC2(C(=O)O)CCOCC2)c(OC)c1OC. The highest BCUT2D eigenvalue weighted by atomic mass is 16.5. The highest BCUT2D eigenvalue weighted by Crippen LogP contribution is 2.40. The second kappa shape index (κ2) is 9.45. The maximum Gasteiger partial charge on any atom is 0.311 e. The average Bonchev–Trinajstić information content (AvgIpc) is 2.70. The normalized spacial score (nSPS) is 15.7. The Hall–Kier alpha value is -2.48. The monoisotopic (exact) mass is 381 g/mol. The molecule has 0 atom stereocenters. The number of aliphatic carboxylic acids is 1. The van der Waals surface area contributed by atoms with Gasteiger partial charge >= 0.3 is 5.97 Å². The second-order valence-electron chi connectivity index (χ2n) is 6.47. The van der Waals surface area contributed by atoms with Gasteiger partial charge in [0.2, 0.25) is 11.7 Å². The zero-order chi connectivity index (χ0) is 19.9. The summed E-state index contributed by atoms with van der Waals surface area (Å²) in [6.45, 7) is 0.892. The van der Waals surface area contributed by atoms with Crippen molar-refractivity contribution in [3.8, 4) is 17.2 Å². The van der Waals surface area contributed by atoms with Crippen molar-refractivity contribution in [1.29, 1.82) is 0 Å². The van der Waals surface area contributed by atoms with Gasteiger partial charge in [0.1, 0.15) is 0 Å². The number of carbonyl (C=O) groups is 2. The third kappa shape index (κ3) is 4.82. The Balaban J connectivity index is 1.98. The lowest BCUT2D eigenvalue weighted by Gasteiger charge is -2.33. The molecule has 0 spiro atoms. The lowest BCUT2D eigenvalue weighted by atomic mass is 9.80. The summed E-state index contributed by atoms with van der Waals surface area (Å²) < 4.78 is 21.3. The lowest BCUT2D eigenvalue weighted by Crippen LogP contribution is -2.46. The summed E-state index contributed by atoms with van der Waals surface area (Å²) in [7, 11) is 4.59. The molecular weight excluding hydrogens is 354 g/mol. The van der Waals surface area contributed by atoms with Gasteiger partial charge in [-0.25, -0.2) is 0 Å². The first-order valence-electron chi connectivity index (χ1n) is 8.83.